The van der Waals surface area contributed by atoms with E-state index in [4.69, 9.17) is 4.42 Å². The molecule has 2 amide bonds. The third-order valence-corrected chi connectivity index (χ3v) is 5.62. The maximum Gasteiger partial charge on any atom is 0.309 e. The van der Waals surface area contributed by atoms with Crippen LogP contribution in [0, 0.1) is 5.92 Å². The molecule has 0 saturated carbocycles. The fraction of sp³-hybridized carbons (Fsp3) is 0.350. The normalized spacial score (nSPS) is 21.3. The van der Waals surface area contributed by atoms with Crippen LogP contribution in [-0.2, 0) is 9.59 Å². The molecule has 2 saturated heterocycles. The molecule has 2 N–H and O–H groups in total. The van der Waals surface area contributed by atoms with Gasteiger partial charge in [0.2, 0.25) is 5.91 Å². The number of carboxylic acids is 1. The fourth-order valence-corrected chi connectivity index (χ4v) is 4.10. The zero-order valence-electron chi connectivity index (χ0n) is 14.7. The van der Waals surface area contributed by atoms with E-state index in [9.17, 15) is 19.5 Å². The van der Waals surface area contributed by atoms with E-state index < -0.39 is 17.4 Å². The molecule has 1 spiro atoms. The van der Waals surface area contributed by atoms with E-state index in [1.54, 1.807) is 23.3 Å². The molecule has 3 heterocycles. The van der Waals surface area contributed by atoms with Crippen LogP contribution in [0.5, 0.6) is 0 Å². The van der Waals surface area contributed by atoms with Crippen molar-refractivity contribution in [3.63, 3.8) is 0 Å². The van der Waals surface area contributed by atoms with Crippen LogP contribution in [0.15, 0.2) is 47.1 Å². The van der Waals surface area contributed by atoms with E-state index >= 15 is 0 Å². The van der Waals surface area contributed by atoms with Crippen molar-refractivity contribution in [3.8, 4) is 11.3 Å². The first-order valence-corrected chi connectivity index (χ1v) is 8.95. The Kier molecular flexibility index (Phi) is 4.22. The smallest absolute Gasteiger partial charge is 0.309 e. The summed E-state index contributed by atoms with van der Waals surface area (Å²) in [6, 6.07) is 10.9. The second-order valence-corrected chi connectivity index (χ2v) is 7.15. The van der Waals surface area contributed by atoms with Gasteiger partial charge in [0.1, 0.15) is 5.76 Å². The first-order valence-electron chi connectivity index (χ1n) is 8.95. The number of carbonyl (C=O) groups excluding carboxylic acids is 2. The van der Waals surface area contributed by atoms with Crippen molar-refractivity contribution in [2.45, 2.75) is 24.8 Å². The average molecular weight is 368 g/mol. The fourth-order valence-electron chi connectivity index (χ4n) is 4.10. The van der Waals surface area contributed by atoms with Crippen molar-refractivity contribution < 1.29 is 23.9 Å². The number of carbonyl (C=O) groups is 3. The van der Waals surface area contributed by atoms with Crippen LogP contribution in [0.3, 0.4) is 0 Å². The van der Waals surface area contributed by atoms with Crippen LogP contribution in [0.2, 0.25) is 0 Å². The SMILES string of the molecule is O=C1C[C@H](C(=O)O)C2(CCN(C(=O)c3ccc(-c4ccco4)cc3)CC2)N1. The minimum absolute atomic E-state index is 0.0114. The largest absolute Gasteiger partial charge is 0.481 e. The summed E-state index contributed by atoms with van der Waals surface area (Å²) in [4.78, 5) is 37.7. The summed E-state index contributed by atoms with van der Waals surface area (Å²) in [5.41, 5.74) is 0.738. The number of hydrogen-bond donors (Lipinski definition) is 2. The number of rotatable bonds is 3. The van der Waals surface area contributed by atoms with Crippen molar-refractivity contribution in [3.05, 3.63) is 48.2 Å². The first-order chi connectivity index (χ1) is 13.0. The Balaban J connectivity index is 1.44. The molecule has 2 aromatic rings. The highest BCUT2D eigenvalue weighted by Gasteiger charge is 2.52. The quantitative estimate of drug-likeness (QED) is 0.865. The van der Waals surface area contributed by atoms with Crippen LogP contribution < -0.4 is 5.32 Å². The molecule has 27 heavy (non-hydrogen) atoms. The monoisotopic (exact) mass is 368 g/mol. The van der Waals surface area contributed by atoms with Gasteiger partial charge < -0.3 is 19.7 Å². The third kappa shape index (κ3) is 3.09. The van der Waals surface area contributed by atoms with Crippen LogP contribution in [0.1, 0.15) is 29.6 Å². The minimum atomic E-state index is -0.957. The van der Waals surface area contributed by atoms with Crippen LogP contribution >= 0.6 is 0 Å². The molecule has 0 unspecified atom stereocenters. The summed E-state index contributed by atoms with van der Waals surface area (Å²) in [6.45, 7) is 0.839. The molecule has 1 aromatic carbocycles. The topological polar surface area (TPSA) is 99.9 Å². The number of piperidine rings is 1. The van der Waals surface area contributed by atoms with Gasteiger partial charge in [-0.1, -0.05) is 12.1 Å². The molecule has 0 aliphatic carbocycles. The minimum Gasteiger partial charge on any atom is -0.481 e. The summed E-state index contributed by atoms with van der Waals surface area (Å²) in [5, 5.41) is 12.3. The van der Waals surface area contributed by atoms with Gasteiger partial charge in [-0.2, -0.15) is 0 Å². The zero-order valence-corrected chi connectivity index (χ0v) is 14.7. The number of benzene rings is 1. The standard InChI is InChI=1S/C20H20N2O5/c23-17-12-15(19(25)26)20(21-17)7-9-22(10-8-20)18(24)14-5-3-13(4-6-14)16-2-1-11-27-16/h1-6,11,15H,7-10,12H2,(H,21,23)(H,25,26)/t15-/m1/s1. The van der Waals surface area contributed by atoms with E-state index in [2.05, 4.69) is 5.32 Å². The van der Waals surface area contributed by atoms with Gasteiger partial charge in [0.25, 0.3) is 5.91 Å². The first kappa shape index (κ1) is 17.3. The Bertz CT molecular complexity index is 864. The molecule has 0 radical (unpaired) electrons. The maximum atomic E-state index is 12.8. The Morgan fingerprint density at radius 1 is 1.15 bits per heavy atom. The molecule has 7 heteroatoms. The summed E-state index contributed by atoms with van der Waals surface area (Å²) in [5.74, 6) is -1.26. The highest BCUT2D eigenvalue weighted by atomic mass is 16.4. The molecule has 0 bridgehead atoms. The van der Waals surface area contributed by atoms with E-state index in [-0.39, 0.29) is 18.2 Å². The molecule has 4 rings (SSSR count). The molecular weight excluding hydrogens is 348 g/mol. The Morgan fingerprint density at radius 2 is 1.85 bits per heavy atom. The van der Waals surface area contributed by atoms with Gasteiger partial charge in [0.15, 0.2) is 0 Å². The van der Waals surface area contributed by atoms with Gasteiger partial charge in [-0.25, -0.2) is 0 Å². The number of hydrogen-bond acceptors (Lipinski definition) is 4. The van der Waals surface area contributed by atoms with Gasteiger partial charge >= 0.3 is 5.97 Å². The Hall–Kier alpha value is -3.09. The van der Waals surface area contributed by atoms with E-state index in [1.165, 1.54) is 0 Å². The Morgan fingerprint density at radius 3 is 2.44 bits per heavy atom. The van der Waals surface area contributed by atoms with Gasteiger partial charge in [0, 0.05) is 30.6 Å². The van der Waals surface area contributed by atoms with Gasteiger partial charge in [0.05, 0.1) is 17.7 Å². The second-order valence-electron chi connectivity index (χ2n) is 7.15. The summed E-state index contributed by atoms with van der Waals surface area (Å²) in [6.07, 6.45) is 2.51. The lowest BCUT2D eigenvalue weighted by molar-refractivity contribution is -0.144. The van der Waals surface area contributed by atoms with Crippen molar-refractivity contribution in [2.75, 3.05) is 13.1 Å². The van der Waals surface area contributed by atoms with Crippen molar-refractivity contribution in [1.29, 1.82) is 0 Å². The predicted octanol–water partition coefficient (Wildman–Crippen LogP) is 2.14. The van der Waals surface area contributed by atoms with Crippen molar-refractivity contribution in [2.24, 2.45) is 5.92 Å². The van der Waals surface area contributed by atoms with Crippen LogP contribution in [-0.4, -0.2) is 46.4 Å². The molecule has 2 aliphatic rings. The van der Waals surface area contributed by atoms with Crippen molar-refractivity contribution >= 4 is 17.8 Å². The number of nitrogens with one attached hydrogen (secondary N) is 1. The lowest BCUT2D eigenvalue weighted by Gasteiger charge is -2.41. The van der Waals surface area contributed by atoms with E-state index in [0.29, 0.717) is 31.5 Å². The third-order valence-electron chi connectivity index (χ3n) is 5.62. The maximum absolute atomic E-state index is 12.8. The lowest BCUT2D eigenvalue weighted by Crippen LogP contribution is -2.56. The molecule has 140 valence electrons. The number of likely N-dealkylation sites (tertiary alicyclic amines) is 1. The van der Waals surface area contributed by atoms with Crippen molar-refractivity contribution in [1.82, 2.24) is 10.2 Å². The second kappa shape index (κ2) is 6.57. The highest BCUT2D eigenvalue weighted by molar-refractivity contribution is 5.95. The van der Waals surface area contributed by atoms with Crippen LogP contribution in [0.25, 0.3) is 11.3 Å². The number of carboxylic acid groups (broad SMARTS) is 1. The number of furan rings is 1. The Labute approximate surface area is 156 Å². The van der Waals surface area contributed by atoms with E-state index in [1.807, 2.05) is 24.3 Å². The average Bonchev–Trinajstić information content (AvgIpc) is 3.30. The highest BCUT2D eigenvalue weighted by Crippen LogP contribution is 2.37. The van der Waals surface area contributed by atoms with Gasteiger partial charge in [-0.05, 0) is 37.1 Å². The summed E-state index contributed by atoms with van der Waals surface area (Å²) < 4.78 is 5.35. The molecule has 1 atom stereocenters. The predicted molar refractivity (Wildman–Crippen MR) is 95.9 cm³/mol. The van der Waals surface area contributed by atoms with Crippen LogP contribution in [0.4, 0.5) is 0 Å². The van der Waals surface area contributed by atoms with Gasteiger partial charge in [-0.15, -0.1) is 0 Å². The lowest BCUT2D eigenvalue weighted by atomic mass is 9.77. The molecule has 2 fully saturated rings. The molecule has 2 aliphatic heterocycles. The number of nitrogens with zero attached hydrogens (tertiary/aromatic N) is 1. The molecular formula is C20H20N2O5. The molecule has 1 aromatic heterocycles. The van der Waals surface area contributed by atoms with E-state index in [0.717, 1.165) is 11.3 Å². The summed E-state index contributed by atoms with van der Waals surface area (Å²) >= 11 is 0. The zero-order chi connectivity index (χ0) is 19.0. The summed E-state index contributed by atoms with van der Waals surface area (Å²) in [7, 11) is 0. The number of amides is 2. The van der Waals surface area contributed by atoms with Gasteiger partial charge in [-0.3, -0.25) is 14.4 Å². The number of aliphatic carboxylic acids is 1. The molecule has 7 nitrogen and oxygen atoms in total.